The Morgan fingerprint density at radius 1 is 0.818 bits per heavy atom. The van der Waals surface area contributed by atoms with Crippen molar-refractivity contribution in [2.45, 2.75) is 44.6 Å². The van der Waals surface area contributed by atoms with E-state index in [0.29, 0.717) is 25.6 Å². The second-order valence-corrected chi connectivity index (χ2v) is 8.92. The Morgan fingerprint density at radius 2 is 1.42 bits per heavy atom. The van der Waals surface area contributed by atoms with Gasteiger partial charge in [-0.15, -0.1) is 0 Å². The van der Waals surface area contributed by atoms with Gasteiger partial charge in [0.1, 0.15) is 0 Å². The van der Waals surface area contributed by atoms with Crippen molar-refractivity contribution in [1.82, 2.24) is 30.7 Å². The number of carbonyl (C=O) groups excluding carboxylic acids is 3. The molecule has 2 heterocycles. The lowest BCUT2D eigenvalue weighted by atomic mass is 10.4. The molecule has 2 rings (SSSR count). The third-order valence-electron chi connectivity index (χ3n) is 6.15. The summed E-state index contributed by atoms with van der Waals surface area (Å²) in [6, 6.07) is 0.415. The predicted molar refractivity (Wildman–Crippen MR) is 124 cm³/mol. The number of nitrogens with one attached hydrogen (secondary N) is 3. The molecule has 0 spiro atoms. The van der Waals surface area contributed by atoms with E-state index < -0.39 is 5.97 Å². The molecule has 2 aliphatic rings. The number of rotatable bonds is 14. The summed E-state index contributed by atoms with van der Waals surface area (Å²) in [6.07, 6.45) is 2.92. The molecule has 0 aromatic rings. The summed E-state index contributed by atoms with van der Waals surface area (Å²) in [4.78, 5) is 53.4. The number of hydrogen-bond acceptors (Lipinski definition) is 7. The zero-order valence-corrected chi connectivity index (χ0v) is 19.8. The van der Waals surface area contributed by atoms with E-state index in [-0.39, 0.29) is 50.1 Å². The largest absolute Gasteiger partial charge is 0.481 e. The number of likely N-dealkylation sites (tertiary alicyclic amines) is 1. The molecule has 11 heteroatoms. The van der Waals surface area contributed by atoms with Crippen LogP contribution in [0.1, 0.15) is 38.5 Å². The third-order valence-corrected chi connectivity index (χ3v) is 6.15. The van der Waals surface area contributed by atoms with Crippen LogP contribution in [0.15, 0.2) is 0 Å². The number of carboxylic acid groups (broad SMARTS) is 1. The summed E-state index contributed by atoms with van der Waals surface area (Å²) >= 11 is 0. The van der Waals surface area contributed by atoms with Crippen molar-refractivity contribution in [3.05, 3.63) is 0 Å². The van der Waals surface area contributed by atoms with Crippen molar-refractivity contribution in [3.8, 4) is 0 Å². The molecule has 188 valence electrons. The summed E-state index contributed by atoms with van der Waals surface area (Å²) in [6.45, 7) is 7.42. The SMILES string of the molecule is CN1CCN([13CH2][13CH]2CCC[15N]2CC(=O)[15NH][13CH2][13CH2][13C](=O)[15NH][13CH2][13CH2][13C](=O)NCC[13CH2]C(=O)O)[13CH2][13CH2]1. The van der Waals surface area contributed by atoms with Crippen LogP contribution < -0.4 is 16.0 Å². The summed E-state index contributed by atoms with van der Waals surface area (Å²) in [7, 11) is 2.15. The second kappa shape index (κ2) is 14.8. The Morgan fingerprint density at radius 3 is 2.06 bits per heavy atom. The Labute approximate surface area is 196 Å². The number of nitrogens with zero attached hydrogens (tertiary/aromatic N) is 3. The van der Waals surface area contributed by atoms with Crippen molar-refractivity contribution in [2.75, 3.05) is 72.5 Å². The quantitative estimate of drug-likeness (QED) is 0.136. The van der Waals surface area contributed by atoms with Crippen LogP contribution in [-0.2, 0) is 19.2 Å². The Hall–Kier alpha value is -2.24. The lowest BCUT2D eigenvalue weighted by molar-refractivity contribution is -0.137. The molecule has 3 amide bonds. The van der Waals surface area contributed by atoms with Crippen LogP contribution in [0.4, 0.5) is 0 Å². The van der Waals surface area contributed by atoms with E-state index >= 15 is 0 Å². The number of aliphatic carboxylic acids is 1. The molecule has 0 bridgehead atoms. The molecular weight excluding hydrogens is 442 g/mol. The van der Waals surface area contributed by atoms with Gasteiger partial charge in [-0.05, 0) is 32.9 Å². The van der Waals surface area contributed by atoms with E-state index in [2.05, 4.69) is 37.7 Å². The van der Waals surface area contributed by atoms with Crippen molar-refractivity contribution < 1.29 is 24.3 Å². The monoisotopic (exact) mass is 482 g/mol. The molecule has 2 saturated heterocycles. The van der Waals surface area contributed by atoms with Crippen molar-refractivity contribution in [2.24, 2.45) is 0 Å². The highest BCUT2D eigenvalue weighted by Crippen LogP contribution is 2.18. The number of hydrogen-bond donors (Lipinski definition) is 4. The normalized spacial score (nSPS) is 19.8. The predicted octanol–water partition coefficient (Wildman–Crippen LogP) is -1.31. The zero-order chi connectivity index (χ0) is 24.1. The number of carboxylic acids is 1. The molecule has 1 unspecified atom stereocenters. The summed E-state index contributed by atoms with van der Waals surface area (Å²) in [5, 5.41) is 16.6. The topological polar surface area (TPSA) is 134 Å². The van der Waals surface area contributed by atoms with Gasteiger partial charge in [0, 0.05) is 77.7 Å². The highest BCUT2D eigenvalue weighted by atomic mass is 16.4. The Balaban J connectivity index is 1.52. The van der Waals surface area contributed by atoms with Crippen molar-refractivity contribution >= 4 is 23.7 Å². The van der Waals surface area contributed by atoms with Gasteiger partial charge < -0.3 is 26.0 Å². The van der Waals surface area contributed by atoms with Crippen molar-refractivity contribution in [1.29, 1.82) is 0 Å². The van der Waals surface area contributed by atoms with E-state index in [9.17, 15) is 19.2 Å². The molecule has 2 fully saturated rings. The summed E-state index contributed by atoms with van der Waals surface area (Å²) < 4.78 is 0. The van der Waals surface area contributed by atoms with Crippen molar-refractivity contribution in [3.63, 3.8) is 0 Å². The fourth-order valence-corrected chi connectivity index (χ4v) is 4.15. The standard InChI is InChI=1S/C22H40N6O5/c1-26-12-14-27(15-13-26)16-18-4-3-11-28(18)17-21(31)25-10-7-20(30)24-9-6-19(29)23-8-2-5-22(32)33/h18H,2-17H2,1H3,(H,23,29)(H,24,30)(H,25,31)(H,32,33)/i5+1,6+1,7+1,9+1,10+1,12+1,14+1,16+1,18+1,19+1,20+1,24+1,25+1,28+1. The first-order chi connectivity index (χ1) is 15.8. The highest BCUT2D eigenvalue weighted by molar-refractivity contribution is 5.81. The minimum absolute atomic E-state index is 0.0113. The van der Waals surface area contributed by atoms with Gasteiger partial charge in [-0.1, -0.05) is 0 Å². The molecule has 0 aromatic heterocycles. The molecule has 4 N–H and O–H groups in total. The van der Waals surface area contributed by atoms with Gasteiger partial charge in [-0.2, -0.15) is 0 Å². The summed E-state index contributed by atoms with van der Waals surface area (Å²) in [5.41, 5.74) is 0. The first kappa shape index (κ1) is 27.0. The molecule has 11 nitrogen and oxygen atoms in total. The molecule has 0 aromatic carbocycles. The van der Waals surface area contributed by atoms with Gasteiger partial charge in [0.2, 0.25) is 17.7 Å². The smallest absolute Gasteiger partial charge is 0.303 e. The maximum atomic E-state index is 12.3. The average molecular weight is 482 g/mol. The number of likely N-dealkylation sites (N-methyl/N-ethyl adjacent to an activating group) is 1. The fourth-order valence-electron chi connectivity index (χ4n) is 4.15. The fraction of sp³-hybridized carbons (Fsp3) is 0.818. The maximum Gasteiger partial charge on any atom is 0.303 e. The molecule has 0 aliphatic carbocycles. The molecule has 33 heavy (non-hydrogen) atoms. The Bertz CT molecular complexity index is 653. The van der Waals surface area contributed by atoms with Gasteiger partial charge in [0.25, 0.3) is 0 Å². The highest BCUT2D eigenvalue weighted by Gasteiger charge is 2.28. The van der Waals surface area contributed by atoms with Crippen LogP contribution in [0.25, 0.3) is 0 Å². The van der Waals surface area contributed by atoms with E-state index in [1.165, 1.54) is 0 Å². The van der Waals surface area contributed by atoms with Gasteiger partial charge >= 0.3 is 5.97 Å². The number of amides is 3. The van der Waals surface area contributed by atoms with E-state index in [4.69, 9.17) is 5.11 Å². The van der Waals surface area contributed by atoms with Crippen LogP contribution in [0.3, 0.4) is 0 Å². The first-order valence-corrected chi connectivity index (χ1v) is 12.0. The second-order valence-electron chi connectivity index (χ2n) is 8.92. The molecule has 2 aliphatic heterocycles. The molecule has 0 radical (unpaired) electrons. The minimum atomic E-state index is -0.894. The number of carbonyl (C=O) groups is 4. The van der Waals surface area contributed by atoms with Crippen LogP contribution in [-0.4, -0.2) is 122 Å². The van der Waals surface area contributed by atoms with Gasteiger partial charge in [0.05, 0.1) is 6.54 Å². The van der Waals surface area contributed by atoms with Crippen LogP contribution in [0, 0.1) is 0 Å². The van der Waals surface area contributed by atoms with E-state index in [1.54, 1.807) is 0 Å². The first-order valence-electron chi connectivity index (χ1n) is 12.0. The third kappa shape index (κ3) is 11.4. The minimum Gasteiger partial charge on any atom is -0.481 e. The lowest BCUT2D eigenvalue weighted by Gasteiger charge is -2.36. The van der Waals surface area contributed by atoms with Gasteiger partial charge in [0.15, 0.2) is 0 Å². The van der Waals surface area contributed by atoms with Crippen LogP contribution in [0.2, 0.25) is 0 Å². The van der Waals surface area contributed by atoms with E-state index in [1.807, 2.05) is 0 Å². The van der Waals surface area contributed by atoms with Crippen LogP contribution >= 0.6 is 0 Å². The number of piperazine rings is 1. The average Bonchev–Trinajstić information content (AvgIpc) is 3.19. The van der Waals surface area contributed by atoms with E-state index in [0.717, 1.165) is 52.1 Å². The van der Waals surface area contributed by atoms with Gasteiger partial charge in [-0.3, -0.25) is 29.0 Å². The van der Waals surface area contributed by atoms with Gasteiger partial charge in [-0.25, -0.2) is 0 Å². The summed E-state index contributed by atoms with van der Waals surface area (Å²) in [5.74, 6) is -1.41. The lowest BCUT2D eigenvalue weighted by Crippen LogP contribution is -2.50. The Kier molecular flexibility index (Phi) is 12.1. The maximum absolute atomic E-state index is 12.3. The molecule has 1 atom stereocenters. The van der Waals surface area contributed by atoms with Crippen LogP contribution in [0.5, 0.6) is 0 Å². The molecular formula is C22H40N6O5. The molecule has 0 saturated carbocycles. The zero-order valence-electron chi connectivity index (χ0n) is 19.8.